The second-order valence-corrected chi connectivity index (χ2v) is 9.18. The van der Waals surface area contributed by atoms with Crippen LogP contribution in [-0.2, 0) is 0 Å². The highest BCUT2D eigenvalue weighted by atomic mass is 32.1. The number of nitrogens with zero attached hydrogens (tertiary/aromatic N) is 2. The molecule has 150 valence electrons. The molecule has 0 aliphatic carbocycles. The van der Waals surface area contributed by atoms with Crippen molar-refractivity contribution in [1.29, 1.82) is 0 Å². The van der Waals surface area contributed by atoms with Crippen LogP contribution in [0.15, 0.2) is 34.3 Å². The predicted molar refractivity (Wildman–Crippen MR) is 130 cm³/mol. The van der Waals surface area contributed by atoms with Crippen LogP contribution in [0.5, 0.6) is 0 Å². The first-order valence-corrected chi connectivity index (χ1v) is 10.8. The fourth-order valence-electron chi connectivity index (χ4n) is 3.89. The normalized spacial score (nSPS) is 11.9. The van der Waals surface area contributed by atoms with Crippen LogP contribution in [0, 0.1) is 55.4 Å². The summed E-state index contributed by atoms with van der Waals surface area (Å²) in [6.45, 7) is 17.1. The number of hydrogen-bond acceptors (Lipinski definition) is 3. The molecule has 1 aromatic heterocycles. The van der Waals surface area contributed by atoms with E-state index in [-0.39, 0.29) is 0 Å². The smallest absolute Gasteiger partial charge is 0.0688 e. The van der Waals surface area contributed by atoms with Gasteiger partial charge in [0.25, 0.3) is 0 Å². The van der Waals surface area contributed by atoms with E-state index in [4.69, 9.17) is 9.98 Å². The molecular weight excluding hydrogens is 372 g/mol. The van der Waals surface area contributed by atoms with Gasteiger partial charge in [-0.3, -0.25) is 9.98 Å². The topological polar surface area (TPSA) is 24.7 Å². The lowest BCUT2D eigenvalue weighted by atomic mass is 10.1. The summed E-state index contributed by atoms with van der Waals surface area (Å²) in [5.41, 5.74) is 12.1. The van der Waals surface area contributed by atoms with Crippen LogP contribution >= 0.6 is 11.3 Å². The fourth-order valence-corrected chi connectivity index (χ4v) is 4.95. The second kappa shape index (κ2) is 8.46. The SMILES string of the molecule is Cc1cc(C)c(N=Cc2sc(C=Nc3c(C)cc(C)cc3C)c(C)c2C)c(C)c1. The Balaban J connectivity index is 1.93. The first-order chi connectivity index (χ1) is 13.7. The van der Waals surface area contributed by atoms with Gasteiger partial charge in [-0.25, -0.2) is 0 Å². The maximum absolute atomic E-state index is 4.83. The summed E-state index contributed by atoms with van der Waals surface area (Å²) in [7, 11) is 0. The van der Waals surface area contributed by atoms with Crippen molar-refractivity contribution in [2.75, 3.05) is 0 Å². The molecule has 0 atom stereocenters. The van der Waals surface area contributed by atoms with Gasteiger partial charge in [0.2, 0.25) is 0 Å². The molecule has 0 bridgehead atoms. The summed E-state index contributed by atoms with van der Waals surface area (Å²) in [4.78, 5) is 12.0. The van der Waals surface area contributed by atoms with Crippen LogP contribution in [0.3, 0.4) is 0 Å². The predicted octanol–water partition coefficient (Wildman–Crippen LogP) is 7.72. The van der Waals surface area contributed by atoms with E-state index in [0.29, 0.717) is 0 Å². The summed E-state index contributed by atoms with van der Waals surface area (Å²) in [5, 5.41) is 0. The van der Waals surface area contributed by atoms with Gasteiger partial charge in [0.05, 0.1) is 11.4 Å². The molecule has 0 amide bonds. The Morgan fingerprint density at radius 1 is 0.552 bits per heavy atom. The van der Waals surface area contributed by atoms with Crippen molar-refractivity contribution in [3.05, 3.63) is 78.5 Å². The largest absolute Gasteiger partial charge is 0.255 e. The first-order valence-electron chi connectivity index (χ1n) is 10.0. The van der Waals surface area contributed by atoms with Crippen molar-refractivity contribution in [1.82, 2.24) is 0 Å². The van der Waals surface area contributed by atoms with Crippen LogP contribution < -0.4 is 0 Å². The molecule has 0 N–H and O–H groups in total. The molecule has 2 aromatic carbocycles. The van der Waals surface area contributed by atoms with Crippen LogP contribution in [0.4, 0.5) is 11.4 Å². The number of aryl methyl sites for hydroxylation is 6. The van der Waals surface area contributed by atoms with Crippen LogP contribution in [0.2, 0.25) is 0 Å². The molecule has 0 saturated heterocycles. The Morgan fingerprint density at radius 3 is 1.17 bits per heavy atom. The van der Waals surface area contributed by atoms with E-state index < -0.39 is 0 Å². The van der Waals surface area contributed by atoms with E-state index in [2.05, 4.69) is 79.7 Å². The monoisotopic (exact) mass is 402 g/mol. The molecule has 0 saturated carbocycles. The van der Waals surface area contributed by atoms with Crippen LogP contribution in [-0.4, -0.2) is 12.4 Å². The van der Waals surface area contributed by atoms with Gasteiger partial charge in [-0.05, 0) is 88.8 Å². The molecule has 3 rings (SSSR count). The summed E-state index contributed by atoms with van der Waals surface area (Å²) >= 11 is 1.76. The molecule has 3 aromatic rings. The van der Waals surface area contributed by atoms with Gasteiger partial charge in [-0.1, -0.05) is 35.4 Å². The molecule has 0 radical (unpaired) electrons. The van der Waals surface area contributed by atoms with Gasteiger partial charge < -0.3 is 0 Å². The molecule has 0 aliphatic heterocycles. The van der Waals surface area contributed by atoms with E-state index in [1.807, 2.05) is 12.4 Å². The van der Waals surface area contributed by atoms with Gasteiger partial charge in [0.1, 0.15) is 0 Å². The van der Waals surface area contributed by atoms with Crippen molar-refractivity contribution >= 4 is 35.1 Å². The third kappa shape index (κ3) is 4.56. The number of hydrogen-bond donors (Lipinski definition) is 0. The van der Waals surface area contributed by atoms with Gasteiger partial charge in [-0.2, -0.15) is 0 Å². The maximum atomic E-state index is 4.83. The van der Waals surface area contributed by atoms with Crippen molar-refractivity contribution < 1.29 is 0 Å². The maximum Gasteiger partial charge on any atom is 0.0688 e. The first kappa shape index (κ1) is 21.2. The zero-order valence-electron chi connectivity index (χ0n) is 18.8. The number of rotatable bonds is 4. The van der Waals surface area contributed by atoms with Gasteiger partial charge in [-0.15, -0.1) is 11.3 Å². The molecule has 3 heteroatoms. The summed E-state index contributed by atoms with van der Waals surface area (Å²) in [5.74, 6) is 0. The molecule has 0 fully saturated rings. The number of aliphatic imine (C=N–C) groups is 2. The average molecular weight is 403 g/mol. The average Bonchev–Trinajstić information content (AvgIpc) is 2.88. The van der Waals surface area contributed by atoms with E-state index >= 15 is 0 Å². The van der Waals surface area contributed by atoms with Crippen molar-refractivity contribution in [3.63, 3.8) is 0 Å². The summed E-state index contributed by atoms with van der Waals surface area (Å²) < 4.78 is 0. The molecule has 0 unspecified atom stereocenters. The highest BCUT2D eigenvalue weighted by Crippen LogP contribution is 2.30. The highest BCUT2D eigenvalue weighted by Gasteiger charge is 2.10. The molecule has 0 spiro atoms. The third-order valence-electron chi connectivity index (χ3n) is 5.41. The summed E-state index contributed by atoms with van der Waals surface area (Å²) in [6.07, 6.45) is 4.02. The highest BCUT2D eigenvalue weighted by molar-refractivity contribution is 7.15. The van der Waals surface area contributed by atoms with Crippen LogP contribution in [0.25, 0.3) is 0 Å². The Bertz CT molecular complexity index is 996. The van der Waals surface area contributed by atoms with Crippen molar-refractivity contribution in [2.24, 2.45) is 9.98 Å². The number of benzene rings is 2. The molecule has 1 heterocycles. The summed E-state index contributed by atoms with van der Waals surface area (Å²) in [6, 6.07) is 8.76. The Hall–Kier alpha value is -2.52. The lowest BCUT2D eigenvalue weighted by molar-refractivity contribution is 1.29. The molecule has 2 nitrogen and oxygen atoms in total. The van der Waals surface area contributed by atoms with E-state index in [1.54, 1.807) is 11.3 Å². The van der Waals surface area contributed by atoms with Crippen molar-refractivity contribution in [3.8, 4) is 0 Å². The lowest BCUT2D eigenvalue weighted by Gasteiger charge is -2.06. The van der Waals surface area contributed by atoms with E-state index in [0.717, 1.165) is 11.4 Å². The van der Waals surface area contributed by atoms with Crippen LogP contribution in [0.1, 0.15) is 54.3 Å². The lowest BCUT2D eigenvalue weighted by Crippen LogP contribution is -1.86. The second-order valence-electron chi connectivity index (χ2n) is 8.09. The molecular formula is C26H30N2S. The van der Waals surface area contributed by atoms with E-state index in [9.17, 15) is 0 Å². The number of thiophene rings is 1. The minimum atomic E-state index is 1.07. The molecule has 0 aliphatic rings. The standard InChI is InChI=1S/C26H30N2S/c1-15-9-17(3)25(18(4)10-15)27-13-23-21(7)22(8)24(29-23)14-28-26-19(5)11-16(2)12-20(26)6/h9-14H,1-8H3. The fraction of sp³-hybridized carbons (Fsp3) is 0.308. The zero-order valence-corrected chi connectivity index (χ0v) is 19.6. The Labute approximate surface area is 179 Å². The van der Waals surface area contributed by atoms with Gasteiger partial charge in [0.15, 0.2) is 0 Å². The minimum Gasteiger partial charge on any atom is -0.255 e. The zero-order chi connectivity index (χ0) is 21.3. The van der Waals surface area contributed by atoms with Crippen molar-refractivity contribution in [2.45, 2.75) is 55.4 Å². The Kier molecular flexibility index (Phi) is 6.18. The quantitative estimate of drug-likeness (QED) is 0.399. The molecule has 29 heavy (non-hydrogen) atoms. The van der Waals surface area contributed by atoms with Gasteiger partial charge >= 0.3 is 0 Å². The minimum absolute atomic E-state index is 1.07. The third-order valence-corrected chi connectivity index (χ3v) is 6.68. The van der Waals surface area contributed by atoms with E-state index in [1.165, 1.54) is 54.3 Å². The van der Waals surface area contributed by atoms with Gasteiger partial charge in [0, 0.05) is 22.2 Å². The Morgan fingerprint density at radius 2 is 0.862 bits per heavy atom.